The number of carbonyl (C=O) groups is 2. The molecule has 1 aliphatic heterocycles. The standard InChI is InChI=1S/C16H12N2O3/c1-11-14(10-13-8-5-9-21-13)16(20)18(17-11)15(19)12-6-3-2-4-7-12/h2-10H,1H3/b14-10+. The van der Waals surface area contributed by atoms with E-state index >= 15 is 0 Å². The molecule has 0 saturated carbocycles. The van der Waals surface area contributed by atoms with Gasteiger partial charge in [-0.05, 0) is 37.3 Å². The van der Waals surface area contributed by atoms with Gasteiger partial charge in [0.25, 0.3) is 11.8 Å². The maximum Gasteiger partial charge on any atom is 0.283 e. The molecule has 21 heavy (non-hydrogen) atoms. The minimum Gasteiger partial charge on any atom is -0.465 e. The zero-order valence-corrected chi connectivity index (χ0v) is 11.3. The van der Waals surface area contributed by atoms with Crippen molar-refractivity contribution in [3.05, 3.63) is 65.6 Å². The van der Waals surface area contributed by atoms with Gasteiger partial charge >= 0.3 is 0 Å². The van der Waals surface area contributed by atoms with Gasteiger partial charge in [-0.1, -0.05) is 18.2 Å². The van der Waals surface area contributed by atoms with Gasteiger partial charge in [0, 0.05) is 5.56 Å². The molecule has 0 aliphatic carbocycles. The van der Waals surface area contributed by atoms with Crippen molar-refractivity contribution in [1.82, 2.24) is 5.01 Å². The first-order chi connectivity index (χ1) is 10.2. The number of benzene rings is 1. The minimum atomic E-state index is -0.447. The number of imide groups is 1. The molecule has 2 amide bonds. The van der Waals surface area contributed by atoms with Crippen molar-refractivity contribution in [1.29, 1.82) is 0 Å². The summed E-state index contributed by atoms with van der Waals surface area (Å²) in [7, 11) is 0. The average molecular weight is 280 g/mol. The van der Waals surface area contributed by atoms with Crippen LogP contribution in [-0.4, -0.2) is 22.5 Å². The van der Waals surface area contributed by atoms with Gasteiger partial charge in [0.2, 0.25) is 0 Å². The molecule has 0 saturated heterocycles. The second kappa shape index (κ2) is 5.20. The summed E-state index contributed by atoms with van der Waals surface area (Å²) >= 11 is 0. The molecule has 0 N–H and O–H groups in total. The van der Waals surface area contributed by atoms with Gasteiger partial charge in [-0.3, -0.25) is 9.59 Å². The molecule has 2 heterocycles. The Kier molecular flexibility index (Phi) is 3.23. The number of furan rings is 1. The monoisotopic (exact) mass is 280 g/mol. The summed E-state index contributed by atoms with van der Waals surface area (Å²) in [6, 6.07) is 12.0. The van der Waals surface area contributed by atoms with Crippen LogP contribution < -0.4 is 0 Å². The Morgan fingerprint density at radius 3 is 2.62 bits per heavy atom. The number of rotatable bonds is 2. The fourth-order valence-corrected chi connectivity index (χ4v) is 2.04. The predicted octanol–water partition coefficient (Wildman–Crippen LogP) is 2.72. The van der Waals surface area contributed by atoms with E-state index in [-0.39, 0.29) is 0 Å². The minimum absolute atomic E-state index is 0.356. The highest BCUT2D eigenvalue weighted by molar-refractivity contribution is 6.30. The number of nitrogens with zero attached hydrogens (tertiary/aromatic N) is 2. The number of hydrogen-bond acceptors (Lipinski definition) is 4. The lowest BCUT2D eigenvalue weighted by atomic mass is 10.1. The van der Waals surface area contributed by atoms with Gasteiger partial charge in [0.05, 0.1) is 17.5 Å². The van der Waals surface area contributed by atoms with Crippen LogP contribution in [0.4, 0.5) is 0 Å². The zero-order valence-electron chi connectivity index (χ0n) is 11.3. The van der Waals surface area contributed by atoms with Gasteiger partial charge in [-0.2, -0.15) is 10.1 Å². The zero-order chi connectivity index (χ0) is 14.8. The van der Waals surface area contributed by atoms with Crippen LogP contribution in [0.25, 0.3) is 6.08 Å². The molecule has 0 fully saturated rings. The molecule has 3 rings (SSSR count). The van der Waals surface area contributed by atoms with Crippen LogP contribution in [0.5, 0.6) is 0 Å². The normalized spacial score (nSPS) is 16.4. The molecule has 0 atom stereocenters. The number of carbonyl (C=O) groups excluding carboxylic acids is 2. The molecule has 2 aromatic rings. The van der Waals surface area contributed by atoms with Crippen LogP contribution in [0, 0.1) is 0 Å². The Hall–Kier alpha value is -2.95. The van der Waals surface area contributed by atoms with Crippen molar-refractivity contribution in [2.24, 2.45) is 5.10 Å². The maximum atomic E-state index is 12.3. The van der Waals surface area contributed by atoms with Gasteiger partial charge in [-0.25, -0.2) is 0 Å². The van der Waals surface area contributed by atoms with E-state index in [1.54, 1.807) is 55.5 Å². The van der Waals surface area contributed by atoms with E-state index in [0.717, 1.165) is 5.01 Å². The second-order valence-corrected chi connectivity index (χ2v) is 4.55. The van der Waals surface area contributed by atoms with Crippen molar-refractivity contribution in [3.63, 3.8) is 0 Å². The van der Waals surface area contributed by atoms with E-state index in [2.05, 4.69) is 5.10 Å². The van der Waals surface area contributed by atoms with Gasteiger partial charge in [0.1, 0.15) is 5.76 Å². The Balaban J connectivity index is 1.91. The lowest BCUT2D eigenvalue weighted by Crippen LogP contribution is -2.29. The SMILES string of the molecule is CC1=NN(C(=O)c2ccccc2)C(=O)/C1=C/c1ccco1. The van der Waals surface area contributed by atoms with E-state index in [9.17, 15) is 9.59 Å². The fraction of sp³-hybridized carbons (Fsp3) is 0.0625. The summed E-state index contributed by atoms with van der Waals surface area (Å²) < 4.78 is 5.19. The van der Waals surface area contributed by atoms with Crippen molar-refractivity contribution >= 4 is 23.6 Å². The summed E-state index contributed by atoms with van der Waals surface area (Å²) in [6.07, 6.45) is 3.10. The number of hydrogen-bond donors (Lipinski definition) is 0. The molecular formula is C16H12N2O3. The molecule has 0 radical (unpaired) electrons. The van der Waals surface area contributed by atoms with Crippen LogP contribution in [0.1, 0.15) is 23.0 Å². The summed E-state index contributed by atoms with van der Waals surface area (Å²) in [4.78, 5) is 24.6. The largest absolute Gasteiger partial charge is 0.465 e. The van der Waals surface area contributed by atoms with Gasteiger partial charge < -0.3 is 4.42 Å². The third-order valence-corrected chi connectivity index (χ3v) is 3.11. The van der Waals surface area contributed by atoms with E-state index in [0.29, 0.717) is 22.6 Å². The average Bonchev–Trinajstić information content (AvgIpc) is 3.11. The first-order valence-corrected chi connectivity index (χ1v) is 6.41. The van der Waals surface area contributed by atoms with Crippen molar-refractivity contribution in [2.75, 3.05) is 0 Å². The van der Waals surface area contributed by atoms with Crippen molar-refractivity contribution in [2.45, 2.75) is 6.92 Å². The molecule has 1 aromatic carbocycles. The second-order valence-electron chi connectivity index (χ2n) is 4.55. The molecule has 5 heteroatoms. The van der Waals surface area contributed by atoms with Crippen LogP contribution in [0.2, 0.25) is 0 Å². The third kappa shape index (κ3) is 2.41. The van der Waals surface area contributed by atoms with Crippen LogP contribution in [-0.2, 0) is 4.79 Å². The van der Waals surface area contributed by atoms with Crippen molar-refractivity contribution < 1.29 is 14.0 Å². The van der Waals surface area contributed by atoms with E-state index < -0.39 is 11.8 Å². The highest BCUT2D eigenvalue weighted by atomic mass is 16.3. The summed E-state index contributed by atoms with van der Waals surface area (Å²) in [5.41, 5.74) is 1.26. The summed E-state index contributed by atoms with van der Waals surface area (Å²) in [6.45, 7) is 1.69. The Labute approximate surface area is 121 Å². The number of hydrazone groups is 1. The molecule has 0 bridgehead atoms. The van der Waals surface area contributed by atoms with E-state index in [1.807, 2.05) is 0 Å². The smallest absolute Gasteiger partial charge is 0.283 e. The first-order valence-electron chi connectivity index (χ1n) is 6.41. The van der Waals surface area contributed by atoms with Crippen LogP contribution in [0.15, 0.2) is 63.8 Å². The van der Waals surface area contributed by atoms with Crippen LogP contribution in [0.3, 0.4) is 0 Å². The predicted molar refractivity (Wildman–Crippen MR) is 77.4 cm³/mol. The lowest BCUT2D eigenvalue weighted by molar-refractivity contribution is -0.123. The Morgan fingerprint density at radius 1 is 1.19 bits per heavy atom. The topological polar surface area (TPSA) is 62.9 Å². The molecule has 104 valence electrons. The fourth-order valence-electron chi connectivity index (χ4n) is 2.04. The molecule has 1 aromatic heterocycles. The van der Waals surface area contributed by atoms with Crippen LogP contribution >= 0.6 is 0 Å². The summed E-state index contributed by atoms with van der Waals surface area (Å²) in [5, 5.41) is 4.94. The lowest BCUT2D eigenvalue weighted by Gasteiger charge is -2.09. The highest BCUT2D eigenvalue weighted by Gasteiger charge is 2.33. The first kappa shape index (κ1) is 13.1. The van der Waals surface area contributed by atoms with E-state index in [4.69, 9.17) is 4.42 Å². The highest BCUT2D eigenvalue weighted by Crippen LogP contribution is 2.20. The molecule has 0 spiro atoms. The Bertz CT molecular complexity index is 743. The Morgan fingerprint density at radius 2 is 1.95 bits per heavy atom. The number of amides is 2. The maximum absolute atomic E-state index is 12.3. The molecule has 5 nitrogen and oxygen atoms in total. The quantitative estimate of drug-likeness (QED) is 0.627. The molecule has 0 unspecified atom stereocenters. The molecular weight excluding hydrogens is 268 g/mol. The van der Waals surface area contributed by atoms with Gasteiger partial charge in [-0.15, -0.1) is 0 Å². The van der Waals surface area contributed by atoms with Gasteiger partial charge in [0.15, 0.2) is 0 Å². The van der Waals surface area contributed by atoms with E-state index in [1.165, 1.54) is 6.26 Å². The van der Waals surface area contributed by atoms with Crippen molar-refractivity contribution in [3.8, 4) is 0 Å². The third-order valence-electron chi connectivity index (χ3n) is 3.11. The summed E-state index contributed by atoms with van der Waals surface area (Å²) in [5.74, 6) is -0.345. The molecule has 1 aliphatic rings.